The highest BCUT2D eigenvalue weighted by atomic mass is 31.2. The van der Waals surface area contributed by atoms with Crippen LogP contribution in [0.5, 0.6) is 0 Å². The summed E-state index contributed by atoms with van der Waals surface area (Å²) in [7, 11) is -7.59. The number of anilines is 1. The standard InChI is InChI=1S/C41H44FN5O11P2/c1-5-41(52)29-18-33-37-27(20-47(33)39(50)28(29)21-56-40(41)51)36-31(15-14-26-23(3)30(42)19-32(45-37)35(26)36)44-34(48)22-58-59(4,53)57-17-9-7-8-16-43-38(49)24-10-12-25(13-11-24)46-60(54,55)6-2/h2,10-13,18-19,31,52H,5,7-9,14-17,20-22H2,1,3-4H3,(H,43,49)(H,44,48)(H2,46,54,55)/t31-,41-,59?/m0/s1. The number of halogens is 1. The van der Waals surface area contributed by atoms with E-state index in [1.54, 1.807) is 25.6 Å². The van der Waals surface area contributed by atoms with Gasteiger partial charge in [-0.15, -0.1) is 6.42 Å². The fraction of sp³-hybridized carbons (Fsp3) is 0.390. The Bertz CT molecular complexity index is 2640. The van der Waals surface area contributed by atoms with Gasteiger partial charge in [-0.1, -0.05) is 6.92 Å². The van der Waals surface area contributed by atoms with Crippen LogP contribution in [0.4, 0.5) is 10.1 Å². The van der Waals surface area contributed by atoms with Crippen LogP contribution in [-0.2, 0) is 57.7 Å². The number of aryl methyl sites for hydroxylation is 1. The predicted octanol–water partition coefficient (Wildman–Crippen LogP) is 5.28. The summed E-state index contributed by atoms with van der Waals surface area (Å²) in [5.41, 5.74) is 3.83. The molecule has 7 rings (SSSR count). The zero-order chi connectivity index (χ0) is 43.1. The van der Waals surface area contributed by atoms with Crippen LogP contribution in [0.3, 0.4) is 0 Å². The third-order valence-electron chi connectivity index (χ3n) is 11.2. The summed E-state index contributed by atoms with van der Waals surface area (Å²) in [6.45, 7) is 4.22. The molecule has 2 aliphatic heterocycles. The summed E-state index contributed by atoms with van der Waals surface area (Å²) in [5.74, 6) is -2.19. The molecule has 0 spiro atoms. The van der Waals surface area contributed by atoms with Crippen LogP contribution in [0.1, 0.15) is 88.8 Å². The number of esters is 1. The first-order valence-electron chi connectivity index (χ1n) is 19.4. The van der Waals surface area contributed by atoms with E-state index >= 15 is 4.39 Å². The monoisotopic (exact) mass is 863 g/mol. The number of aliphatic hydroxyl groups is 1. The van der Waals surface area contributed by atoms with Crippen LogP contribution >= 0.6 is 15.1 Å². The molecular weight excluding hydrogens is 819 g/mol. The molecule has 60 heavy (non-hydrogen) atoms. The molecule has 0 fully saturated rings. The summed E-state index contributed by atoms with van der Waals surface area (Å²) in [6.07, 6.45) is 7.54. The summed E-state index contributed by atoms with van der Waals surface area (Å²) in [5, 5.41) is 20.1. The summed E-state index contributed by atoms with van der Waals surface area (Å²) >= 11 is 0. The van der Waals surface area contributed by atoms with Gasteiger partial charge in [-0.3, -0.25) is 28.0 Å². The fourth-order valence-corrected chi connectivity index (χ4v) is 9.44. The molecule has 5 N–H and O–H groups in total. The Morgan fingerprint density at radius 2 is 1.87 bits per heavy atom. The molecule has 0 bridgehead atoms. The summed E-state index contributed by atoms with van der Waals surface area (Å²) < 4.78 is 57.7. The van der Waals surface area contributed by atoms with Crippen molar-refractivity contribution in [2.24, 2.45) is 0 Å². The van der Waals surface area contributed by atoms with Gasteiger partial charge in [0.1, 0.15) is 19.0 Å². The van der Waals surface area contributed by atoms with Crippen LogP contribution in [-0.4, -0.2) is 63.8 Å². The van der Waals surface area contributed by atoms with Crippen molar-refractivity contribution in [2.75, 3.05) is 31.5 Å². The average molecular weight is 864 g/mol. The van der Waals surface area contributed by atoms with Gasteiger partial charge in [0.2, 0.25) is 5.91 Å². The third-order valence-corrected chi connectivity index (χ3v) is 13.3. The van der Waals surface area contributed by atoms with Crippen LogP contribution in [0.15, 0.2) is 41.2 Å². The topological polar surface area (TPSA) is 224 Å². The highest BCUT2D eigenvalue weighted by Gasteiger charge is 2.46. The molecule has 4 atom stereocenters. The molecule has 2 aromatic heterocycles. The number of aromatic nitrogens is 2. The van der Waals surface area contributed by atoms with E-state index in [9.17, 15) is 38.3 Å². The number of benzene rings is 2. The van der Waals surface area contributed by atoms with Crippen molar-refractivity contribution in [3.8, 4) is 23.5 Å². The zero-order valence-electron chi connectivity index (χ0n) is 33.1. The minimum Gasteiger partial charge on any atom is -0.458 e. The van der Waals surface area contributed by atoms with Crippen molar-refractivity contribution in [3.63, 3.8) is 0 Å². The van der Waals surface area contributed by atoms with E-state index in [1.165, 1.54) is 41.6 Å². The van der Waals surface area contributed by atoms with Gasteiger partial charge in [0.15, 0.2) is 5.60 Å². The Morgan fingerprint density at radius 1 is 1.12 bits per heavy atom. The van der Waals surface area contributed by atoms with Crippen molar-refractivity contribution in [1.82, 2.24) is 20.2 Å². The second-order valence-corrected chi connectivity index (χ2v) is 18.8. The van der Waals surface area contributed by atoms with Gasteiger partial charge >= 0.3 is 21.1 Å². The second kappa shape index (κ2) is 16.7. The maximum atomic E-state index is 15.3. The van der Waals surface area contributed by atoms with Crippen LogP contribution in [0, 0.1) is 24.8 Å². The first-order valence-corrected chi connectivity index (χ1v) is 23.1. The molecular formula is C41H44FN5O11P2. The number of pyridine rings is 2. The highest BCUT2D eigenvalue weighted by Crippen LogP contribution is 2.47. The molecule has 4 heterocycles. The largest absolute Gasteiger partial charge is 0.458 e. The lowest BCUT2D eigenvalue weighted by molar-refractivity contribution is -0.172. The van der Waals surface area contributed by atoms with Crippen LogP contribution in [0.25, 0.3) is 22.3 Å². The number of hydrogen-bond acceptors (Lipinski definition) is 11. The van der Waals surface area contributed by atoms with E-state index in [1.807, 2.05) is 0 Å². The third kappa shape index (κ3) is 8.28. The van der Waals surface area contributed by atoms with E-state index in [0.717, 1.165) is 5.56 Å². The maximum absolute atomic E-state index is 15.3. The number of unbranched alkanes of at least 4 members (excludes halogenated alkanes) is 2. The summed E-state index contributed by atoms with van der Waals surface area (Å²) in [6, 6.07) is 8.22. The minimum atomic E-state index is -3.94. The minimum absolute atomic E-state index is 0.0285. The van der Waals surface area contributed by atoms with Crippen molar-refractivity contribution in [2.45, 2.75) is 77.2 Å². The van der Waals surface area contributed by atoms with Gasteiger partial charge in [0.05, 0.1) is 41.7 Å². The Labute approximate surface area is 344 Å². The molecule has 4 aromatic rings. The highest BCUT2D eigenvalue weighted by molar-refractivity contribution is 7.64. The van der Waals surface area contributed by atoms with Gasteiger partial charge in [-0.05, 0) is 92.5 Å². The number of terminal acetylenes is 1. The van der Waals surface area contributed by atoms with Crippen LogP contribution in [0.2, 0.25) is 0 Å². The molecule has 2 aromatic carbocycles. The number of carbonyl (C=O) groups is 3. The van der Waals surface area contributed by atoms with E-state index in [2.05, 4.69) is 15.7 Å². The van der Waals surface area contributed by atoms with Gasteiger partial charge in [-0.2, -0.15) is 0 Å². The molecule has 3 aliphatic rings. The lowest BCUT2D eigenvalue weighted by Gasteiger charge is -2.31. The van der Waals surface area contributed by atoms with Crippen molar-refractivity contribution >= 4 is 49.5 Å². The molecule has 0 saturated heterocycles. The number of fused-ring (bicyclic) bond motifs is 5. The smallest absolute Gasteiger partial charge is 0.364 e. The number of rotatable bonds is 15. The number of nitrogens with zero attached hydrogens (tertiary/aromatic N) is 2. The first-order chi connectivity index (χ1) is 28.5. The number of nitrogens with one attached hydrogen (secondary N) is 3. The van der Waals surface area contributed by atoms with E-state index in [-0.39, 0.29) is 43.2 Å². The van der Waals surface area contributed by atoms with Crippen molar-refractivity contribution in [3.05, 3.63) is 91.5 Å². The number of ether oxygens (including phenoxy) is 1. The second-order valence-electron chi connectivity index (χ2n) is 15.1. The van der Waals surface area contributed by atoms with Crippen molar-refractivity contribution in [1.29, 1.82) is 0 Å². The molecule has 0 radical (unpaired) electrons. The lowest BCUT2D eigenvalue weighted by Crippen LogP contribution is -2.44. The quantitative estimate of drug-likeness (QED) is 0.0392. The number of cyclic esters (lactones) is 1. The average Bonchev–Trinajstić information content (AvgIpc) is 3.59. The Morgan fingerprint density at radius 3 is 2.58 bits per heavy atom. The number of carbonyl (C=O) groups excluding carboxylic acids is 3. The maximum Gasteiger partial charge on any atom is 0.364 e. The lowest BCUT2D eigenvalue weighted by atomic mass is 9.81. The predicted molar refractivity (Wildman–Crippen MR) is 219 cm³/mol. The van der Waals surface area contributed by atoms with Gasteiger partial charge < -0.3 is 39.5 Å². The number of hydrogen-bond donors (Lipinski definition) is 5. The van der Waals surface area contributed by atoms with Gasteiger partial charge in [0, 0.05) is 52.7 Å². The molecule has 0 saturated carbocycles. The molecule has 19 heteroatoms. The molecule has 2 unspecified atom stereocenters. The normalized spacial score (nSPS) is 19.5. The zero-order valence-corrected chi connectivity index (χ0v) is 34.9. The Kier molecular flexibility index (Phi) is 11.9. The van der Waals surface area contributed by atoms with E-state index < -0.39 is 56.6 Å². The van der Waals surface area contributed by atoms with Crippen molar-refractivity contribution < 1.29 is 51.7 Å². The van der Waals surface area contributed by atoms with E-state index in [4.69, 9.17) is 25.2 Å². The first kappa shape index (κ1) is 42.9. The molecule has 16 nitrogen and oxygen atoms in total. The van der Waals surface area contributed by atoms with Gasteiger partial charge in [-0.25, -0.2) is 14.2 Å². The SMILES string of the molecule is C#CP(=O)(O)Nc1ccc(C(=O)NCCCCCOP(C)(=O)OCC(=O)N[C@H]2CCc3c(C)c(F)cc4nc5c(c2c34)Cn2c-5cc3c(c2=O)COC(=O)[C@]3(O)CC)cc1. The molecule has 1 aliphatic carbocycles. The Balaban J connectivity index is 0.963. The van der Waals surface area contributed by atoms with Gasteiger partial charge in [0.25, 0.3) is 11.5 Å². The van der Waals surface area contributed by atoms with E-state index in [0.29, 0.717) is 88.9 Å². The summed E-state index contributed by atoms with van der Waals surface area (Å²) in [4.78, 5) is 66.8. The molecule has 316 valence electrons. The Hall–Kier alpha value is -5.20. The fourth-order valence-electron chi connectivity index (χ4n) is 7.99. The molecule has 2 amide bonds. The van der Waals surface area contributed by atoms with Crippen LogP contribution < -0.4 is 21.3 Å². The number of amides is 2.